The number of H-pyrrole nitrogens is 1. The Morgan fingerprint density at radius 3 is 2.15 bits per heavy atom. The Hall–Kier alpha value is -4.34. The van der Waals surface area contributed by atoms with Crippen molar-refractivity contribution in [3.05, 3.63) is 54.1 Å². The summed E-state index contributed by atoms with van der Waals surface area (Å²) in [6, 6.07) is 7.31. The number of phosphoric acid groups is 1. The normalized spacial score (nSPS) is 14.3. The molecule has 0 radical (unpaired) electrons. The Balaban J connectivity index is 2.11. The second kappa shape index (κ2) is 32.5. The highest BCUT2D eigenvalue weighted by atomic mass is 32.1. The minimum Gasteiger partial charge on any atom is -0.379 e. The number of unbranched alkanes of at least 4 members (excludes halogenated alkanes) is 3. The van der Waals surface area contributed by atoms with Gasteiger partial charge in [0, 0.05) is 56.5 Å². The van der Waals surface area contributed by atoms with Crippen LogP contribution >= 0.6 is 20.5 Å². The third kappa shape index (κ3) is 25.3. The summed E-state index contributed by atoms with van der Waals surface area (Å²) in [7, 11) is -5.02. The quantitative estimate of drug-likeness (QED) is 0.0273. The summed E-state index contributed by atoms with van der Waals surface area (Å²) >= 11 is 4.04. The molecule has 1 heterocycles. The molecule has 6 atom stereocenters. The fourth-order valence-electron chi connectivity index (χ4n) is 7.25. The summed E-state index contributed by atoms with van der Waals surface area (Å²) in [6.07, 6.45) is 5.85. The van der Waals surface area contributed by atoms with Crippen LogP contribution in [0.5, 0.6) is 0 Å². The van der Waals surface area contributed by atoms with Crippen LogP contribution in [-0.2, 0) is 65.0 Å². The van der Waals surface area contributed by atoms with Crippen molar-refractivity contribution in [3.63, 3.8) is 0 Å². The summed E-state index contributed by atoms with van der Waals surface area (Å²) in [5.74, 6) is -6.05. The summed E-state index contributed by atoms with van der Waals surface area (Å²) in [4.78, 5) is 119. The monoisotopic (exact) mass is 995 g/mol. The van der Waals surface area contributed by atoms with E-state index in [2.05, 4.69) is 49.9 Å². The maximum absolute atomic E-state index is 14.1. The number of rotatable bonds is 38. The molecule has 0 unspecified atom stereocenters. The van der Waals surface area contributed by atoms with Gasteiger partial charge >= 0.3 is 7.82 Å². The predicted molar refractivity (Wildman–Crippen MR) is 257 cm³/mol. The number of nitrogens with two attached hydrogens (primary N) is 2. The van der Waals surface area contributed by atoms with Gasteiger partial charge in [0.1, 0.15) is 5.78 Å². The first-order valence-corrected chi connectivity index (χ1v) is 25.4. The molecule has 0 saturated carbocycles. The number of hydrogen-bond acceptors (Lipinski definition) is 14. The molecule has 0 aliphatic heterocycles. The average Bonchev–Trinajstić information content (AvgIpc) is 3.79. The number of hydrogen-bond donors (Lipinski definition) is 8. The number of carbonyl (C=O) groups is 7. The number of aryl methyl sites for hydroxylation is 1. The highest BCUT2D eigenvalue weighted by molar-refractivity contribution is 7.80. The van der Waals surface area contributed by atoms with Gasteiger partial charge < -0.3 is 51.2 Å². The Kier molecular flexibility index (Phi) is 28.5. The third-order valence-corrected chi connectivity index (χ3v) is 12.1. The molecular weight excluding hydrogens is 922 g/mol. The van der Waals surface area contributed by atoms with Crippen LogP contribution in [-0.4, -0.2) is 135 Å². The number of imidazole rings is 1. The maximum atomic E-state index is 14.1. The molecule has 0 aliphatic rings. The lowest BCUT2D eigenvalue weighted by atomic mass is 9.89. The van der Waals surface area contributed by atoms with Gasteiger partial charge in [-0.05, 0) is 57.4 Å². The van der Waals surface area contributed by atoms with Crippen LogP contribution < -0.4 is 22.1 Å². The standard InChI is InChI=1S/C46H74N7O13PS/c1-31(2)23-39(42(56)25-35(24-36-27-49-30-50-36)46(60)51-32(3)41(55)26-37(45(48)59)33(4)66-67(61,62)63)52-43(57)28-53(18-11-6-5-8-13-34-14-9-7-10-15-34)44(58)17-20-65-22-21-64-19-12-16-40(54)38(47)29-68/h7,9-10,14-15,27,30-33,35,37-39,68H,5-6,8,11-13,16-26,28-29,47H2,1-4H3,(H2,48,59)(H,49,50)(H,51,60)(H,52,57)(H2,61,62,63)/t32-,33+,35+,37-,38-,39-/m0/s1. The molecule has 0 spiro atoms. The summed E-state index contributed by atoms with van der Waals surface area (Å²) < 4.78 is 27.1. The van der Waals surface area contributed by atoms with Crippen molar-refractivity contribution in [2.45, 2.75) is 129 Å². The number of nitrogens with zero attached hydrogens (tertiary/aromatic N) is 2. The number of aromatic nitrogens is 2. The van der Waals surface area contributed by atoms with Crippen molar-refractivity contribution >= 4 is 61.4 Å². The predicted octanol–water partition coefficient (Wildman–Crippen LogP) is 2.78. The van der Waals surface area contributed by atoms with E-state index in [1.165, 1.54) is 36.8 Å². The number of carbonyl (C=O) groups excluding carboxylic acids is 7. The van der Waals surface area contributed by atoms with Gasteiger partial charge in [-0.15, -0.1) is 0 Å². The molecule has 0 fully saturated rings. The molecular formula is C46H74N7O13PS. The van der Waals surface area contributed by atoms with E-state index in [1.807, 2.05) is 32.0 Å². The van der Waals surface area contributed by atoms with Gasteiger partial charge in [0.05, 0.1) is 75.2 Å². The number of ketones is 3. The van der Waals surface area contributed by atoms with Crippen LogP contribution in [0, 0.1) is 17.8 Å². The second-order valence-corrected chi connectivity index (χ2v) is 19.0. The van der Waals surface area contributed by atoms with Gasteiger partial charge in [0.25, 0.3) is 0 Å². The summed E-state index contributed by atoms with van der Waals surface area (Å²) in [5.41, 5.74) is 12.9. The molecule has 2 aromatic rings. The number of benzene rings is 1. The zero-order valence-electron chi connectivity index (χ0n) is 39.8. The number of phosphoric ester groups is 1. The molecule has 0 aliphatic carbocycles. The molecule has 0 bridgehead atoms. The molecule has 68 heavy (non-hydrogen) atoms. The number of Topliss-reactive ketones (excluding diaryl/α,β-unsaturated/α-hetero) is 3. The molecule has 2 rings (SSSR count). The lowest BCUT2D eigenvalue weighted by Gasteiger charge is -2.26. The number of aromatic amines is 1. The van der Waals surface area contributed by atoms with Crippen LogP contribution in [0.2, 0.25) is 0 Å². The van der Waals surface area contributed by atoms with Crippen molar-refractivity contribution in [2.75, 3.05) is 45.3 Å². The first kappa shape index (κ1) is 59.8. The van der Waals surface area contributed by atoms with Gasteiger partial charge in [-0.3, -0.25) is 38.1 Å². The zero-order valence-corrected chi connectivity index (χ0v) is 41.6. The highest BCUT2D eigenvalue weighted by Crippen LogP contribution is 2.39. The SMILES string of the molecule is CC(C)C[C@H](NC(=O)CN(CCCCCCc1ccccc1)C(=O)CCOCCOCCCC(=O)[C@@H](N)CS)C(=O)C[C@@H](Cc1cnc[nH]1)C(=O)N[C@@H](C)C(=O)C[C@H](C(N)=O)[C@@H](C)OP(=O)(O)O. The lowest BCUT2D eigenvalue weighted by Crippen LogP contribution is -2.49. The van der Waals surface area contributed by atoms with Crippen LogP contribution in [0.4, 0.5) is 0 Å². The average molecular weight is 996 g/mol. The summed E-state index contributed by atoms with van der Waals surface area (Å²) in [6.45, 7) is 7.20. The Morgan fingerprint density at radius 1 is 0.853 bits per heavy atom. The van der Waals surface area contributed by atoms with E-state index < -0.39 is 79.6 Å². The van der Waals surface area contributed by atoms with Crippen LogP contribution in [0.25, 0.3) is 0 Å². The highest BCUT2D eigenvalue weighted by Gasteiger charge is 2.35. The zero-order chi connectivity index (χ0) is 50.6. The number of thiol groups is 1. The molecule has 22 heteroatoms. The van der Waals surface area contributed by atoms with Crippen molar-refractivity contribution in [1.29, 1.82) is 0 Å². The summed E-state index contributed by atoms with van der Waals surface area (Å²) in [5, 5.41) is 5.41. The third-order valence-electron chi connectivity index (χ3n) is 11.1. The van der Waals surface area contributed by atoms with Gasteiger partial charge in [-0.25, -0.2) is 9.55 Å². The van der Waals surface area contributed by atoms with E-state index >= 15 is 0 Å². The van der Waals surface area contributed by atoms with E-state index in [4.69, 9.17) is 20.9 Å². The van der Waals surface area contributed by atoms with E-state index in [0.29, 0.717) is 38.1 Å². The van der Waals surface area contributed by atoms with Crippen molar-refractivity contribution in [3.8, 4) is 0 Å². The van der Waals surface area contributed by atoms with Gasteiger partial charge in [-0.1, -0.05) is 57.0 Å². The number of amides is 4. The first-order valence-electron chi connectivity index (χ1n) is 23.2. The van der Waals surface area contributed by atoms with E-state index in [-0.39, 0.29) is 75.4 Å². The topological polar surface area (TPSA) is 313 Å². The Labute approximate surface area is 405 Å². The van der Waals surface area contributed by atoms with Crippen LogP contribution in [0.15, 0.2) is 42.9 Å². The first-order chi connectivity index (χ1) is 32.2. The van der Waals surface area contributed by atoms with Gasteiger partial charge in [0.15, 0.2) is 11.6 Å². The molecule has 1 aromatic carbocycles. The molecule has 20 nitrogen and oxygen atoms in total. The smallest absolute Gasteiger partial charge is 0.379 e. The number of ether oxygens (including phenoxy) is 2. The molecule has 382 valence electrons. The Bertz CT molecular complexity index is 1900. The number of nitrogens with one attached hydrogen (secondary N) is 3. The lowest BCUT2D eigenvalue weighted by molar-refractivity contribution is -0.138. The van der Waals surface area contributed by atoms with E-state index in [0.717, 1.165) is 25.7 Å². The molecule has 9 N–H and O–H groups in total. The minimum absolute atomic E-state index is 0.000461. The fraction of sp³-hybridized carbons (Fsp3) is 0.652. The van der Waals surface area contributed by atoms with Crippen LogP contribution in [0.3, 0.4) is 0 Å². The van der Waals surface area contributed by atoms with Crippen LogP contribution in [0.1, 0.15) is 103 Å². The van der Waals surface area contributed by atoms with Crippen molar-refractivity contribution in [1.82, 2.24) is 25.5 Å². The van der Waals surface area contributed by atoms with E-state index in [1.54, 1.807) is 0 Å². The van der Waals surface area contributed by atoms with Crippen molar-refractivity contribution in [2.24, 2.45) is 29.2 Å². The van der Waals surface area contributed by atoms with E-state index in [9.17, 15) is 47.9 Å². The van der Waals surface area contributed by atoms with Gasteiger partial charge in [-0.2, -0.15) is 12.6 Å². The largest absolute Gasteiger partial charge is 0.469 e. The Morgan fingerprint density at radius 2 is 1.53 bits per heavy atom. The molecule has 4 amide bonds. The van der Waals surface area contributed by atoms with Crippen molar-refractivity contribution < 1.29 is 61.9 Å². The number of primary amides is 1. The molecule has 1 aromatic heterocycles. The molecule has 0 saturated heterocycles. The maximum Gasteiger partial charge on any atom is 0.469 e. The second-order valence-electron chi connectivity index (χ2n) is 17.4. The fourth-order valence-corrected chi connectivity index (χ4v) is 8.03. The minimum atomic E-state index is -5.02. The van der Waals surface area contributed by atoms with Gasteiger partial charge in [0.2, 0.25) is 23.6 Å².